The lowest BCUT2D eigenvalue weighted by Crippen LogP contribution is -2.21. The van der Waals surface area contributed by atoms with Gasteiger partial charge in [0, 0.05) is 24.9 Å². The van der Waals surface area contributed by atoms with Crippen LogP contribution in [0.2, 0.25) is 0 Å². The first-order valence-electron chi connectivity index (χ1n) is 7.93. The lowest BCUT2D eigenvalue weighted by Gasteiger charge is -2.28. The van der Waals surface area contributed by atoms with Crippen molar-refractivity contribution in [3.8, 4) is 0 Å². The third-order valence-electron chi connectivity index (χ3n) is 4.26. The van der Waals surface area contributed by atoms with E-state index in [0.717, 1.165) is 25.2 Å². The van der Waals surface area contributed by atoms with Crippen LogP contribution < -0.4 is 0 Å². The van der Waals surface area contributed by atoms with Gasteiger partial charge in [-0.1, -0.05) is 57.5 Å². The molecule has 0 saturated heterocycles. The Morgan fingerprint density at radius 3 is 2.52 bits per heavy atom. The van der Waals surface area contributed by atoms with E-state index in [4.69, 9.17) is 0 Å². The van der Waals surface area contributed by atoms with Crippen LogP contribution >= 0.6 is 0 Å². The molecular weight excluding hydrogens is 260 g/mol. The number of benzene rings is 1. The van der Waals surface area contributed by atoms with Crippen LogP contribution in [0.1, 0.15) is 57.0 Å². The van der Waals surface area contributed by atoms with Gasteiger partial charge in [0.15, 0.2) is 0 Å². The third kappa shape index (κ3) is 3.53. The van der Waals surface area contributed by atoms with Gasteiger partial charge in [0.1, 0.15) is 11.9 Å². The van der Waals surface area contributed by atoms with Gasteiger partial charge in [0.25, 0.3) is 0 Å². The van der Waals surface area contributed by atoms with Crippen LogP contribution in [0.3, 0.4) is 0 Å². The van der Waals surface area contributed by atoms with E-state index < -0.39 is 6.10 Å². The summed E-state index contributed by atoms with van der Waals surface area (Å²) in [5, 5.41) is 10.9. The molecule has 1 aromatic heterocycles. The third-order valence-corrected chi connectivity index (χ3v) is 4.26. The standard InChI is InChI=1S/C18H26N2O/c1-4-12-20-13-11-19-18(20)17(21)16(14(3)5-2)15-9-7-6-8-10-15/h6-11,13-14,16-17,21H,4-5,12H2,1-3H3. The Labute approximate surface area is 127 Å². The molecule has 21 heavy (non-hydrogen) atoms. The first-order valence-corrected chi connectivity index (χ1v) is 7.93. The second-order valence-corrected chi connectivity index (χ2v) is 5.75. The Balaban J connectivity index is 2.34. The summed E-state index contributed by atoms with van der Waals surface area (Å²) < 4.78 is 2.07. The number of hydrogen-bond acceptors (Lipinski definition) is 2. The predicted octanol–water partition coefficient (Wildman–Crippen LogP) is 4.16. The van der Waals surface area contributed by atoms with Gasteiger partial charge in [-0.2, -0.15) is 0 Å². The molecule has 0 spiro atoms. The largest absolute Gasteiger partial charge is 0.385 e. The summed E-state index contributed by atoms with van der Waals surface area (Å²) in [6.45, 7) is 7.41. The van der Waals surface area contributed by atoms with E-state index in [1.54, 1.807) is 6.20 Å². The molecule has 0 radical (unpaired) electrons. The maximum atomic E-state index is 10.9. The number of imidazole rings is 1. The van der Waals surface area contributed by atoms with Crippen LogP contribution in [0.25, 0.3) is 0 Å². The van der Waals surface area contributed by atoms with Gasteiger partial charge in [-0.15, -0.1) is 0 Å². The zero-order valence-electron chi connectivity index (χ0n) is 13.2. The van der Waals surface area contributed by atoms with Crippen molar-refractivity contribution in [2.75, 3.05) is 0 Å². The van der Waals surface area contributed by atoms with E-state index in [0.29, 0.717) is 5.92 Å². The van der Waals surface area contributed by atoms with Crippen molar-refractivity contribution in [1.82, 2.24) is 9.55 Å². The minimum absolute atomic E-state index is 0.0780. The van der Waals surface area contributed by atoms with Crippen LogP contribution in [-0.2, 0) is 6.54 Å². The fourth-order valence-electron chi connectivity index (χ4n) is 2.93. The van der Waals surface area contributed by atoms with Crippen molar-refractivity contribution in [1.29, 1.82) is 0 Å². The van der Waals surface area contributed by atoms with Crippen molar-refractivity contribution >= 4 is 0 Å². The van der Waals surface area contributed by atoms with Crippen LogP contribution in [0.4, 0.5) is 0 Å². The number of aliphatic hydroxyl groups is 1. The summed E-state index contributed by atoms with van der Waals surface area (Å²) in [6.07, 6.45) is 5.25. The molecule has 1 N–H and O–H groups in total. The molecule has 3 heteroatoms. The summed E-state index contributed by atoms with van der Waals surface area (Å²) >= 11 is 0. The maximum Gasteiger partial charge on any atom is 0.138 e. The number of nitrogens with zero attached hydrogens (tertiary/aromatic N) is 2. The van der Waals surface area contributed by atoms with E-state index in [-0.39, 0.29) is 5.92 Å². The molecule has 0 aliphatic heterocycles. The number of rotatable bonds is 7. The first kappa shape index (κ1) is 15.8. The quantitative estimate of drug-likeness (QED) is 0.830. The van der Waals surface area contributed by atoms with Crippen molar-refractivity contribution in [3.05, 3.63) is 54.1 Å². The highest BCUT2D eigenvalue weighted by Gasteiger charge is 2.29. The molecule has 2 rings (SSSR count). The highest BCUT2D eigenvalue weighted by Crippen LogP contribution is 2.37. The average molecular weight is 286 g/mol. The molecule has 0 saturated carbocycles. The minimum atomic E-state index is -0.566. The highest BCUT2D eigenvalue weighted by atomic mass is 16.3. The molecule has 0 fully saturated rings. The second kappa shape index (κ2) is 7.41. The fourth-order valence-corrected chi connectivity index (χ4v) is 2.93. The molecule has 1 aromatic carbocycles. The second-order valence-electron chi connectivity index (χ2n) is 5.75. The lowest BCUT2D eigenvalue weighted by atomic mass is 9.81. The van der Waals surface area contributed by atoms with E-state index >= 15 is 0 Å². The summed E-state index contributed by atoms with van der Waals surface area (Å²) in [5.41, 5.74) is 1.19. The lowest BCUT2D eigenvalue weighted by molar-refractivity contribution is 0.105. The predicted molar refractivity (Wildman–Crippen MR) is 86.1 cm³/mol. The normalized spacial score (nSPS) is 15.6. The smallest absolute Gasteiger partial charge is 0.138 e. The molecule has 0 aliphatic rings. The van der Waals surface area contributed by atoms with E-state index in [1.165, 1.54) is 5.56 Å². The molecule has 1 heterocycles. The summed E-state index contributed by atoms with van der Waals surface area (Å²) in [5.74, 6) is 1.26. The zero-order chi connectivity index (χ0) is 15.2. The van der Waals surface area contributed by atoms with Crippen LogP contribution in [0.15, 0.2) is 42.7 Å². The van der Waals surface area contributed by atoms with Crippen LogP contribution in [-0.4, -0.2) is 14.7 Å². The Morgan fingerprint density at radius 2 is 1.90 bits per heavy atom. The van der Waals surface area contributed by atoms with Gasteiger partial charge in [0.2, 0.25) is 0 Å². The van der Waals surface area contributed by atoms with E-state index in [1.807, 2.05) is 24.4 Å². The summed E-state index contributed by atoms with van der Waals surface area (Å²) in [4.78, 5) is 4.41. The number of aryl methyl sites for hydroxylation is 1. The van der Waals surface area contributed by atoms with Gasteiger partial charge in [-0.25, -0.2) is 4.98 Å². The van der Waals surface area contributed by atoms with E-state index in [2.05, 4.69) is 42.5 Å². The average Bonchev–Trinajstić information content (AvgIpc) is 2.97. The van der Waals surface area contributed by atoms with Crippen molar-refractivity contribution in [2.45, 2.75) is 52.2 Å². The monoisotopic (exact) mass is 286 g/mol. The van der Waals surface area contributed by atoms with Crippen molar-refractivity contribution in [2.24, 2.45) is 5.92 Å². The van der Waals surface area contributed by atoms with Gasteiger partial charge >= 0.3 is 0 Å². The first-order chi connectivity index (χ1) is 10.2. The summed E-state index contributed by atoms with van der Waals surface area (Å²) in [7, 11) is 0. The van der Waals surface area contributed by atoms with Crippen LogP contribution in [0, 0.1) is 5.92 Å². The Kier molecular flexibility index (Phi) is 5.57. The topological polar surface area (TPSA) is 38.0 Å². The molecule has 3 atom stereocenters. The van der Waals surface area contributed by atoms with Crippen molar-refractivity contribution in [3.63, 3.8) is 0 Å². The molecule has 0 amide bonds. The molecule has 3 nitrogen and oxygen atoms in total. The Bertz CT molecular complexity index is 535. The molecule has 2 aromatic rings. The molecule has 114 valence electrons. The van der Waals surface area contributed by atoms with Crippen molar-refractivity contribution < 1.29 is 5.11 Å². The van der Waals surface area contributed by atoms with E-state index in [9.17, 15) is 5.11 Å². The molecule has 3 unspecified atom stereocenters. The number of aromatic nitrogens is 2. The van der Waals surface area contributed by atoms with Gasteiger partial charge < -0.3 is 9.67 Å². The molecule has 0 aliphatic carbocycles. The highest BCUT2D eigenvalue weighted by molar-refractivity contribution is 5.23. The fraction of sp³-hybridized carbons (Fsp3) is 0.500. The molecule has 0 bridgehead atoms. The van der Waals surface area contributed by atoms with Gasteiger partial charge in [-0.05, 0) is 17.9 Å². The summed E-state index contributed by atoms with van der Waals surface area (Å²) in [6, 6.07) is 10.3. The Hall–Kier alpha value is -1.61. The minimum Gasteiger partial charge on any atom is -0.385 e. The molecular formula is C18H26N2O. The van der Waals surface area contributed by atoms with Gasteiger partial charge in [0.05, 0.1) is 0 Å². The maximum absolute atomic E-state index is 10.9. The Morgan fingerprint density at radius 1 is 1.19 bits per heavy atom. The number of hydrogen-bond donors (Lipinski definition) is 1. The van der Waals surface area contributed by atoms with Crippen LogP contribution in [0.5, 0.6) is 0 Å². The van der Waals surface area contributed by atoms with Gasteiger partial charge in [-0.3, -0.25) is 0 Å². The zero-order valence-corrected chi connectivity index (χ0v) is 13.2. The SMILES string of the molecule is CCCn1ccnc1C(O)C(c1ccccc1)C(C)CC. The number of aliphatic hydroxyl groups excluding tert-OH is 1.